The van der Waals surface area contributed by atoms with Crippen molar-refractivity contribution in [1.82, 2.24) is 0 Å². The zero-order chi connectivity index (χ0) is 15.5. The van der Waals surface area contributed by atoms with Crippen molar-refractivity contribution < 1.29 is 28.2 Å². The van der Waals surface area contributed by atoms with Gasteiger partial charge in [0.25, 0.3) is 0 Å². The van der Waals surface area contributed by atoms with Crippen molar-refractivity contribution in [2.75, 3.05) is 34.0 Å². The van der Waals surface area contributed by atoms with Crippen molar-refractivity contribution in [3.63, 3.8) is 0 Å². The van der Waals surface area contributed by atoms with Crippen molar-refractivity contribution in [3.05, 3.63) is 30.3 Å². The second-order valence-corrected chi connectivity index (χ2v) is 6.39. The summed E-state index contributed by atoms with van der Waals surface area (Å²) in [7, 11) is 0.990. The van der Waals surface area contributed by atoms with Crippen LogP contribution in [0.2, 0.25) is 0 Å². The Labute approximate surface area is 126 Å². The third-order valence-corrected chi connectivity index (χ3v) is 4.76. The summed E-state index contributed by atoms with van der Waals surface area (Å²) in [5.41, 5.74) is 0. The Hall–Kier alpha value is -1.25. The molecule has 0 aliphatic carbocycles. The average Bonchev–Trinajstić information content (AvgIpc) is 2.49. The van der Waals surface area contributed by atoms with Crippen molar-refractivity contribution in [2.24, 2.45) is 0 Å². The van der Waals surface area contributed by atoms with Crippen LogP contribution in [0, 0.1) is 0 Å². The quantitative estimate of drug-likeness (QED) is 0.467. The van der Waals surface area contributed by atoms with Gasteiger partial charge in [0.15, 0.2) is 0 Å². The van der Waals surface area contributed by atoms with Crippen molar-refractivity contribution in [2.45, 2.75) is 12.5 Å². The number of rotatable bonds is 11. The molecule has 0 saturated heterocycles. The minimum Gasteiger partial charge on any atom is -0.481 e. The summed E-state index contributed by atoms with van der Waals surface area (Å²) in [6, 6.07) is 9.66. The normalized spacial score (nSPS) is 13.8. The van der Waals surface area contributed by atoms with Crippen LogP contribution in [0.4, 0.5) is 0 Å². The Morgan fingerprint density at radius 2 is 1.90 bits per heavy atom. The number of aliphatic carboxylic acids is 1. The molecule has 2 unspecified atom stereocenters. The van der Waals surface area contributed by atoms with Crippen LogP contribution in [-0.2, 0) is 23.1 Å². The molecule has 1 rings (SSSR count). The highest BCUT2D eigenvalue weighted by atomic mass is 28.3. The predicted octanol–water partition coefficient (Wildman–Crippen LogP) is 0.283. The fraction of sp³-hybridized carbons (Fsp3) is 0.500. The maximum absolute atomic E-state index is 10.7. The Balaban J connectivity index is 2.57. The highest BCUT2D eigenvalue weighted by Crippen LogP contribution is 2.01. The number of hydrogen-bond acceptors (Lipinski definition) is 5. The highest BCUT2D eigenvalue weighted by molar-refractivity contribution is 6.61. The number of carboxylic acid groups (broad SMARTS) is 1. The number of hydrogen-bond donors (Lipinski definition) is 1. The summed E-state index contributed by atoms with van der Waals surface area (Å²) in [5.74, 6) is -0.913. The van der Waals surface area contributed by atoms with E-state index in [1.54, 1.807) is 7.11 Å². The Kier molecular flexibility index (Phi) is 8.87. The fourth-order valence-electron chi connectivity index (χ4n) is 1.69. The van der Waals surface area contributed by atoms with Gasteiger partial charge in [-0.3, -0.25) is 4.79 Å². The van der Waals surface area contributed by atoms with Crippen LogP contribution in [-0.4, -0.2) is 60.5 Å². The van der Waals surface area contributed by atoms with Gasteiger partial charge in [0, 0.05) is 14.2 Å². The van der Waals surface area contributed by atoms with E-state index in [9.17, 15) is 4.79 Å². The number of ether oxygens (including phenoxy) is 2. The van der Waals surface area contributed by atoms with Crippen molar-refractivity contribution >= 4 is 20.4 Å². The van der Waals surface area contributed by atoms with Gasteiger partial charge in [-0.1, -0.05) is 30.3 Å². The summed E-state index contributed by atoms with van der Waals surface area (Å²) in [6.07, 6.45) is -0.572. The lowest BCUT2D eigenvalue weighted by molar-refractivity contribution is -0.140. The van der Waals surface area contributed by atoms with Gasteiger partial charge < -0.3 is 23.4 Å². The van der Waals surface area contributed by atoms with E-state index in [2.05, 4.69) is 0 Å². The van der Waals surface area contributed by atoms with Gasteiger partial charge in [-0.25, -0.2) is 0 Å². The molecule has 0 amide bonds. The summed E-state index contributed by atoms with van der Waals surface area (Å²) < 4.78 is 21.6. The zero-order valence-corrected chi connectivity index (χ0v) is 13.5. The average molecular weight is 314 g/mol. The van der Waals surface area contributed by atoms with Crippen LogP contribution in [0.25, 0.3) is 0 Å². The molecule has 0 heterocycles. The van der Waals surface area contributed by atoms with E-state index in [0.717, 1.165) is 5.19 Å². The molecule has 1 aromatic carbocycles. The minimum absolute atomic E-state index is 0.0928. The fourth-order valence-corrected chi connectivity index (χ4v) is 3.41. The lowest BCUT2D eigenvalue weighted by Gasteiger charge is -2.20. The first-order chi connectivity index (χ1) is 10.2. The van der Waals surface area contributed by atoms with E-state index in [1.807, 2.05) is 30.3 Å². The summed E-state index contributed by atoms with van der Waals surface area (Å²) in [5, 5.41) is 9.80. The van der Waals surface area contributed by atoms with E-state index in [4.69, 9.17) is 23.4 Å². The lowest BCUT2D eigenvalue weighted by atomic mass is 10.3. The molecule has 1 aromatic rings. The summed E-state index contributed by atoms with van der Waals surface area (Å²) in [6.45, 7) is 1.13. The van der Waals surface area contributed by atoms with Crippen LogP contribution in [0.15, 0.2) is 30.3 Å². The molecule has 0 aromatic heterocycles. The van der Waals surface area contributed by atoms with E-state index in [0.29, 0.717) is 13.2 Å². The third-order valence-electron chi connectivity index (χ3n) is 2.80. The first-order valence-electron chi connectivity index (χ1n) is 6.69. The molecular weight excluding hydrogens is 292 g/mol. The van der Waals surface area contributed by atoms with E-state index in [-0.39, 0.29) is 13.0 Å². The molecule has 21 heavy (non-hydrogen) atoms. The third kappa shape index (κ3) is 7.35. The SMILES string of the molecule is COCCO[SiH](OCC(CC(=O)O)OC)c1ccccc1. The van der Waals surface area contributed by atoms with Crippen LogP contribution in [0.5, 0.6) is 0 Å². The van der Waals surface area contributed by atoms with Crippen LogP contribution in [0.1, 0.15) is 6.42 Å². The molecule has 6 nitrogen and oxygen atoms in total. The largest absolute Gasteiger partial charge is 0.481 e. The number of carbonyl (C=O) groups is 1. The molecule has 0 aliphatic heterocycles. The Morgan fingerprint density at radius 1 is 1.19 bits per heavy atom. The van der Waals surface area contributed by atoms with Crippen molar-refractivity contribution in [1.29, 1.82) is 0 Å². The standard InChI is InChI=1S/C14H22O6Si/c1-17-8-9-19-21(13-6-4-3-5-7-13)20-11-12(18-2)10-14(15)16/h3-7,12,21H,8-11H2,1-2H3,(H,15,16). The topological polar surface area (TPSA) is 74.2 Å². The molecule has 7 heteroatoms. The van der Waals surface area contributed by atoms with Gasteiger partial charge >= 0.3 is 15.3 Å². The van der Waals surface area contributed by atoms with Gasteiger partial charge in [-0.15, -0.1) is 0 Å². The maximum atomic E-state index is 10.7. The molecule has 0 bridgehead atoms. The van der Waals surface area contributed by atoms with Gasteiger partial charge in [-0.05, 0) is 5.19 Å². The molecule has 0 spiro atoms. The van der Waals surface area contributed by atoms with E-state index in [1.165, 1.54) is 7.11 Å². The minimum atomic E-state index is -2.09. The predicted molar refractivity (Wildman–Crippen MR) is 80.1 cm³/mol. The number of methoxy groups -OCH3 is 2. The molecule has 0 radical (unpaired) electrons. The molecular formula is C14H22O6Si. The van der Waals surface area contributed by atoms with Gasteiger partial charge in [-0.2, -0.15) is 0 Å². The first-order valence-corrected chi connectivity index (χ1v) is 8.21. The van der Waals surface area contributed by atoms with Crippen LogP contribution in [0.3, 0.4) is 0 Å². The molecule has 0 aliphatic rings. The molecule has 118 valence electrons. The Morgan fingerprint density at radius 3 is 2.48 bits per heavy atom. The van der Waals surface area contributed by atoms with Crippen LogP contribution < -0.4 is 5.19 Å². The second kappa shape index (κ2) is 10.5. The molecule has 1 N–H and O–H groups in total. The highest BCUT2D eigenvalue weighted by Gasteiger charge is 2.20. The zero-order valence-electron chi connectivity index (χ0n) is 12.4. The van der Waals surface area contributed by atoms with E-state index < -0.39 is 21.4 Å². The van der Waals surface area contributed by atoms with E-state index >= 15 is 0 Å². The van der Waals surface area contributed by atoms with Crippen LogP contribution >= 0.6 is 0 Å². The smallest absolute Gasteiger partial charge is 0.356 e. The van der Waals surface area contributed by atoms with Gasteiger partial charge in [0.1, 0.15) is 0 Å². The lowest BCUT2D eigenvalue weighted by Crippen LogP contribution is -2.40. The second-order valence-electron chi connectivity index (χ2n) is 4.40. The monoisotopic (exact) mass is 314 g/mol. The molecule has 2 atom stereocenters. The maximum Gasteiger partial charge on any atom is 0.356 e. The first kappa shape index (κ1) is 17.8. The van der Waals surface area contributed by atoms with Gasteiger partial charge in [0.2, 0.25) is 0 Å². The van der Waals surface area contributed by atoms with Gasteiger partial charge in [0.05, 0.1) is 32.3 Å². The molecule has 0 fully saturated rings. The molecule has 0 saturated carbocycles. The van der Waals surface area contributed by atoms with Crippen molar-refractivity contribution in [3.8, 4) is 0 Å². The number of benzene rings is 1. The summed E-state index contributed by atoms with van der Waals surface area (Å²) in [4.78, 5) is 10.7. The number of carboxylic acids is 1. The summed E-state index contributed by atoms with van der Waals surface area (Å²) >= 11 is 0. The Bertz CT molecular complexity index is 400.